The van der Waals surface area contributed by atoms with Crippen molar-refractivity contribution in [1.29, 1.82) is 0 Å². The average molecular weight is 289 g/mol. The number of piperazine rings is 1. The fraction of sp³-hybridized carbons (Fsp3) is 0.750. The highest BCUT2D eigenvalue weighted by Crippen LogP contribution is 2.31. The number of aromatic nitrogens is 2. The summed E-state index contributed by atoms with van der Waals surface area (Å²) in [5.41, 5.74) is 1.28. The Bertz CT molecular complexity index is 490. The minimum absolute atomic E-state index is 0.523. The van der Waals surface area contributed by atoms with Gasteiger partial charge in [-0.2, -0.15) is 0 Å². The maximum absolute atomic E-state index is 4.65. The van der Waals surface area contributed by atoms with E-state index in [1.807, 2.05) is 7.05 Å². The van der Waals surface area contributed by atoms with Crippen LogP contribution in [0.1, 0.15) is 38.7 Å². The van der Waals surface area contributed by atoms with Gasteiger partial charge in [-0.1, -0.05) is 13.3 Å². The molecule has 5 nitrogen and oxygen atoms in total. The molecule has 0 aromatic carbocycles. The minimum Gasteiger partial charge on any atom is -0.373 e. The first-order chi connectivity index (χ1) is 10.2. The van der Waals surface area contributed by atoms with E-state index in [0.29, 0.717) is 12.1 Å². The summed E-state index contributed by atoms with van der Waals surface area (Å²) >= 11 is 0. The molecule has 116 valence electrons. The molecule has 0 aliphatic carbocycles. The molecule has 3 heterocycles. The van der Waals surface area contributed by atoms with Gasteiger partial charge in [-0.25, -0.2) is 9.97 Å². The van der Waals surface area contributed by atoms with E-state index in [4.69, 9.17) is 0 Å². The summed E-state index contributed by atoms with van der Waals surface area (Å²) in [6.45, 7) is 8.09. The monoisotopic (exact) mass is 289 g/mol. The van der Waals surface area contributed by atoms with Crippen molar-refractivity contribution in [3.8, 4) is 0 Å². The van der Waals surface area contributed by atoms with Gasteiger partial charge in [0.2, 0.25) is 0 Å². The molecule has 0 saturated carbocycles. The molecule has 0 bridgehead atoms. The lowest BCUT2D eigenvalue weighted by Gasteiger charge is -2.43. The number of fused-ring (bicyclic) bond motifs is 1. The van der Waals surface area contributed by atoms with E-state index in [9.17, 15) is 0 Å². The van der Waals surface area contributed by atoms with Gasteiger partial charge in [-0.05, 0) is 32.7 Å². The van der Waals surface area contributed by atoms with Crippen molar-refractivity contribution in [2.75, 3.05) is 36.9 Å². The molecule has 21 heavy (non-hydrogen) atoms. The molecule has 1 aromatic heterocycles. The van der Waals surface area contributed by atoms with Crippen LogP contribution in [0.4, 0.5) is 11.6 Å². The minimum atomic E-state index is 0.523. The van der Waals surface area contributed by atoms with E-state index >= 15 is 0 Å². The summed E-state index contributed by atoms with van der Waals surface area (Å²) in [5.74, 6) is 2.14. The van der Waals surface area contributed by atoms with Crippen LogP contribution in [0, 0.1) is 0 Å². The maximum Gasteiger partial charge on any atom is 0.137 e. The van der Waals surface area contributed by atoms with E-state index in [1.165, 1.54) is 24.9 Å². The van der Waals surface area contributed by atoms with Crippen molar-refractivity contribution < 1.29 is 0 Å². The first-order valence-electron chi connectivity index (χ1n) is 8.27. The Morgan fingerprint density at radius 1 is 1.33 bits per heavy atom. The first kappa shape index (κ1) is 14.6. The smallest absolute Gasteiger partial charge is 0.137 e. The normalized spacial score (nSPS) is 26.0. The quantitative estimate of drug-likeness (QED) is 0.920. The summed E-state index contributed by atoms with van der Waals surface area (Å²) < 4.78 is 0. The largest absolute Gasteiger partial charge is 0.373 e. The highest BCUT2D eigenvalue weighted by atomic mass is 15.3. The number of rotatable bonds is 4. The molecule has 2 fully saturated rings. The predicted octanol–water partition coefficient (Wildman–Crippen LogP) is 2.14. The van der Waals surface area contributed by atoms with E-state index in [1.54, 1.807) is 6.33 Å². The number of nitrogens with zero attached hydrogens (tertiary/aromatic N) is 4. The standard InChI is InChI=1S/C16H27N5/c1-4-6-14-15(17-3)18-11-19-16(14)21-10-13-7-5-8-20(13)9-12(21)2/h11-13H,4-10H2,1-3H3,(H,17,18,19). The summed E-state index contributed by atoms with van der Waals surface area (Å²) in [7, 11) is 1.95. The zero-order valence-electron chi connectivity index (χ0n) is 13.5. The van der Waals surface area contributed by atoms with Crippen molar-refractivity contribution >= 4 is 11.6 Å². The van der Waals surface area contributed by atoms with Gasteiger partial charge in [-0.15, -0.1) is 0 Å². The van der Waals surface area contributed by atoms with Crippen LogP contribution in [0.15, 0.2) is 6.33 Å². The zero-order chi connectivity index (χ0) is 14.8. The number of anilines is 2. The highest BCUT2D eigenvalue weighted by Gasteiger charge is 2.35. The van der Waals surface area contributed by atoms with Crippen LogP contribution in [0.2, 0.25) is 0 Å². The van der Waals surface area contributed by atoms with Crippen molar-refractivity contribution in [2.45, 2.75) is 51.6 Å². The predicted molar refractivity (Wildman–Crippen MR) is 87.0 cm³/mol. The van der Waals surface area contributed by atoms with Gasteiger partial charge in [0.05, 0.1) is 0 Å². The second-order valence-electron chi connectivity index (χ2n) is 6.32. The lowest BCUT2D eigenvalue weighted by Crippen LogP contribution is -2.55. The fourth-order valence-electron chi connectivity index (χ4n) is 3.83. The van der Waals surface area contributed by atoms with Crippen LogP contribution < -0.4 is 10.2 Å². The lowest BCUT2D eigenvalue weighted by atomic mass is 10.1. The van der Waals surface area contributed by atoms with Gasteiger partial charge in [0.15, 0.2) is 0 Å². The lowest BCUT2D eigenvalue weighted by molar-refractivity contribution is 0.202. The Kier molecular flexibility index (Phi) is 4.29. The van der Waals surface area contributed by atoms with E-state index < -0.39 is 0 Å². The van der Waals surface area contributed by atoms with Crippen molar-refractivity contribution in [3.63, 3.8) is 0 Å². The molecule has 2 unspecified atom stereocenters. The molecule has 0 radical (unpaired) electrons. The van der Waals surface area contributed by atoms with Crippen LogP contribution in [0.5, 0.6) is 0 Å². The van der Waals surface area contributed by atoms with Gasteiger partial charge in [0.1, 0.15) is 18.0 Å². The Morgan fingerprint density at radius 3 is 2.95 bits per heavy atom. The number of hydrogen-bond donors (Lipinski definition) is 1. The second kappa shape index (κ2) is 6.18. The molecule has 0 spiro atoms. The Labute approximate surface area is 127 Å². The van der Waals surface area contributed by atoms with E-state index in [-0.39, 0.29) is 0 Å². The van der Waals surface area contributed by atoms with Gasteiger partial charge >= 0.3 is 0 Å². The molecule has 2 aliphatic rings. The first-order valence-corrected chi connectivity index (χ1v) is 8.27. The summed E-state index contributed by atoms with van der Waals surface area (Å²) in [6, 6.07) is 1.23. The number of hydrogen-bond acceptors (Lipinski definition) is 5. The zero-order valence-corrected chi connectivity index (χ0v) is 13.5. The van der Waals surface area contributed by atoms with E-state index in [2.05, 4.69) is 38.9 Å². The topological polar surface area (TPSA) is 44.3 Å². The van der Waals surface area contributed by atoms with Gasteiger partial charge in [0.25, 0.3) is 0 Å². The summed E-state index contributed by atoms with van der Waals surface area (Å²) in [4.78, 5) is 14.2. The summed E-state index contributed by atoms with van der Waals surface area (Å²) in [6.07, 6.45) is 6.53. The van der Waals surface area contributed by atoms with Crippen molar-refractivity contribution in [3.05, 3.63) is 11.9 Å². The van der Waals surface area contributed by atoms with Crippen LogP contribution in [-0.4, -0.2) is 53.6 Å². The molecule has 2 saturated heterocycles. The van der Waals surface area contributed by atoms with Gasteiger partial charge in [-0.3, -0.25) is 4.90 Å². The third-order valence-corrected chi connectivity index (χ3v) is 4.87. The maximum atomic E-state index is 4.65. The molecular formula is C16H27N5. The highest BCUT2D eigenvalue weighted by molar-refractivity contribution is 5.59. The third-order valence-electron chi connectivity index (χ3n) is 4.87. The van der Waals surface area contributed by atoms with Gasteiger partial charge < -0.3 is 10.2 Å². The van der Waals surface area contributed by atoms with Gasteiger partial charge in [0, 0.05) is 37.8 Å². The van der Waals surface area contributed by atoms with Crippen LogP contribution in [-0.2, 0) is 6.42 Å². The molecule has 1 aromatic rings. The molecule has 1 N–H and O–H groups in total. The fourth-order valence-corrected chi connectivity index (χ4v) is 3.83. The van der Waals surface area contributed by atoms with Crippen molar-refractivity contribution in [1.82, 2.24) is 14.9 Å². The molecule has 0 amide bonds. The number of nitrogens with one attached hydrogen (secondary N) is 1. The summed E-state index contributed by atoms with van der Waals surface area (Å²) in [5, 5.41) is 3.23. The van der Waals surface area contributed by atoms with Crippen LogP contribution in [0.25, 0.3) is 0 Å². The molecule has 3 rings (SSSR count). The average Bonchev–Trinajstić information content (AvgIpc) is 2.94. The molecule has 2 atom stereocenters. The SMILES string of the molecule is CCCc1c(NC)ncnc1N1CC2CCCN2CC1C. The third kappa shape index (κ3) is 2.71. The second-order valence-corrected chi connectivity index (χ2v) is 6.32. The van der Waals surface area contributed by atoms with Crippen LogP contribution in [0.3, 0.4) is 0 Å². The van der Waals surface area contributed by atoms with E-state index in [0.717, 1.165) is 37.6 Å². The Morgan fingerprint density at radius 2 is 2.19 bits per heavy atom. The molecule has 5 heteroatoms. The Balaban J connectivity index is 1.91. The van der Waals surface area contributed by atoms with Crippen molar-refractivity contribution in [2.24, 2.45) is 0 Å². The molecular weight excluding hydrogens is 262 g/mol. The molecule has 2 aliphatic heterocycles. The van der Waals surface area contributed by atoms with Crippen LogP contribution >= 0.6 is 0 Å². The Hall–Kier alpha value is -1.36.